The number of rotatable bonds is 5. The molecule has 2 N–H and O–H groups in total. The molecule has 0 atom stereocenters. The maximum absolute atomic E-state index is 12.4. The van der Waals surface area contributed by atoms with Crippen LogP contribution < -0.4 is 5.32 Å². The molecule has 6 nitrogen and oxygen atoms in total. The van der Waals surface area contributed by atoms with Crippen molar-refractivity contribution >= 4 is 5.91 Å². The van der Waals surface area contributed by atoms with Crippen molar-refractivity contribution in [1.29, 1.82) is 0 Å². The number of H-pyrrole nitrogens is 1. The van der Waals surface area contributed by atoms with E-state index in [2.05, 4.69) is 20.5 Å². The summed E-state index contributed by atoms with van der Waals surface area (Å²) in [6.07, 6.45) is 7.19. The third-order valence-corrected chi connectivity index (χ3v) is 4.83. The zero-order valence-corrected chi connectivity index (χ0v) is 12.3. The molecule has 1 saturated heterocycles. The molecule has 2 heterocycles. The van der Waals surface area contributed by atoms with Crippen molar-refractivity contribution < 1.29 is 4.79 Å². The molecule has 0 spiro atoms. The predicted molar refractivity (Wildman–Crippen MR) is 78.0 cm³/mol. The van der Waals surface area contributed by atoms with Gasteiger partial charge in [0, 0.05) is 25.0 Å². The predicted octanol–water partition coefficient (Wildman–Crippen LogP) is 1.29. The molecule has 2 saturated carbocycles. The quantitative estimate of drug-likeness (QED) is 0.856. The summed E-state index contributed by atoms with van der Waals surface area (Å²) in [5.74, 6) is 2.65. The van der Waals surface area contributed by atoms with E-state index in [1.807, 2.05) is 4.90 Å². The van der Waals surface area contributed by atoms with Crippen LogP contribution in [0.15, 0.2) is 0 Å². The van der Waals surface area contributed by atoms with Crippen LogP contribution in [0.25, 0.3) is 0 Å². The number of aromatic amines is 1. The Morgan fingerprint density at radius 3 is 2.62 bits per heavy atom. The maximum Gasteiger partial charge on any atom is 0.293 e. The number of carbonyl (C=O) groups is 1. The summed E-state index contributed by atoms with van der Waals surface area (Å²) in [5.41, 5.74) is 0. The highest BCUT2D eigenvalue weighted by Crippen LogP contribution is 2.37. The second-order valence-electron chi connectivity index (χ2n) is 6.74. The van der Waals surface area contributed by atoms with Gasteiger partial charge < -0.3 is 10.2 Å². The normalized spacial score (nSPS) is 23.5. The average Bonchev–Trinajstić information content (AvgIpc) is 3.45. The Bertz CT molecular complexity index is 512. The minimum absolute atomic E-state index is 0.0150. The van der Waals surface area contributed by atoms with Gasteiger partial charge in [0.25, 0.3) is 5.91 Å². The van der Waals surface area contributed by atoms with Crippen molar-refractivity contribution in [1.82, 2.24) is 25.4 Å². The fourth-order valence-electron chi connectivity index (χ4n) is 2.99. The number of hydrogen-bond donors (Lipinski definition) is 2. The van der Waals surface area contributed by atoms with Gasteiger partial charge in [0.05, 0.1) is 0 Å². The van der Waals surface area contributed by atoms with E-state index < -0.39 is 0 Å². The van der Waals surface area contributed by atoms with Gasteiger partial charge in [-0.1, -0.05) is 0 Å². The summed E-state index contributed by atoms with van der Waals surface area (Å²) in [4.78, 5) is 18.7. The Kier molecular flexibility index (Phi) is 3.41. The van der Waals surface area contributed by atoms with E-state index in [0.29, 0.717) is 17.8 Å². The van der Waals surface area contributed by atoms with E-state index in [1.54, 1.807) is 0 Å². The summed E-state index contributed by atoms with van der Waals surface area (Å²) < 4.78 is 0. The molecule has 4 rings (SSSR count). The highest BCUT2D eigenvalue weighted by molar-refractivity contribution is 5.90. The lowest BCUT2D eigenvalue weighted by Crippen LogP contribution is -2.45. The smallest absolute Gasteiger partial charge is 0.293 e. The molecule has 1 aromatic rings. The van der Waals surface area contributed by atoms with Crippen LogP contribution in [-0.4, -0.2) is 51.7 Å². The molecule has 1 amide bonds. The van der Waals surface area contributed by atoms with Crippen molar-refractivity contribution in [3.8, 4) is 0 Å². The van der Waals surface area contributed by atoms with Gasteiger partial charge in [-0.05, 0) is 51.0 Å². The Balaban J connectivity index is 1.28. The van der Waals surface area contributed by atoms with Crippen LogP contribution in [0.4, 0.5) is 0 Å². The molecular formula is C15H23N5O. The molecular weight excluding hydrogens is 266 g/mol. The largest absolute Gasteiger partial charge is 0.336 e. The molecule has 114 valence electrons. The number of piperidine rings is 1. The second-order valence-corrected chi connectivity index (χ2v) is 6.74. The molecule has 2 aliphatic carbocycles. The lowest BCUT2D eigenvalue weighted by Gasteiger charge is -2.31. The maximum atomic E-state index is 12.4. The molecule has 21 heavy (non-hydrogen) atoms. The van der Waals surface area contributed by atoms with Crippen LogP contribution in [0.1, 0.15) is 60.9 Å². The van der Waals surface area contributed by atoms with E-state index in [1.165, 1.54) is 25.7 Å². The minimum Gasteiger partial charge on any atom is -0.336 e. The van der Waals surface area contributed by atoms with Crippen molar-refractivity contribution in [3.05, 3.63) is 11.6 Å². The Morgan fingerprint density at radius 1 is 1.19 bits per heavy atom. The number of amides is 1. The second kappa shape index (κ2) is 5.40. The summed E-state index contributed by atoms with van der Waals surface area (Å²) >= 11 is 0. The van der Waals surface area contributed by atoms with Crippen molar-refractivity contribution in [2.24, 2.45) is 5.92 Å². The molecule has 0 unspecified atom stereocenters. The van der Waals surface area contributed by atoms with Crippen LogP contribution in [-0.2, 0) is 0 Å². The van der Waals surface area contributed by atoms with E-state index in [9.17, 15) is 4.79 Å². The SMILES string of the molecule is O=C(c1n[nH]c(C2CC2)n1)N1CCC(NCC2CC2)CC1. The highest BCUT2D eigenvalue weighted by Gasteiger charge is 2.31. The first kappa shape index (κ1) is 13.2. The summed E-state index contributed by atoms with van der Waals surface area (Å²) in [6.45, 7) is 2.78. The standard InChI is InChI=1S/C15H23N5O/c21-15(14-17-13(18-19-14)11-3-4-11)20-7-5-12(6-8-20)16-9-10-1-2-10/h10-12,16H,1-9H2,(H,17,18,19). The van der Waals surface area contributed by atoms with E-state index in [-0.39, 0.29) is 5.91 Å². The third-order valence-electron chi connectivity index (χ3n) is 4.83. The lowest BCUT2D eigenvalue weighted by molar-refractivity contribution is 0.0693. The molecule has 0 bridgehead atoms. The molecule has 1 aliphatic heterocycles. The van der Waals surface area contributed by atoms with Gasteiger partial charge >= 0.3 is 0 Å². The number of aromatic nitrogens is 3. The van der Waals surface area contributed by atoms with Crippen LogP contribution in [0.3, 0.4) is 0 Å². The average molecular weight is 289 g/mol. The monoisotopic (exact) mass is 289 g/mol. The number of nitrogens with zero attached hydrogens (tertiary/aromatic N) is 3. The topological polar surface area (TPSA) is 73.9 Å². The van der Waals surface area contributed by atoms with E-state index in [4.69, 9.17) is 0 Å². The Morgan fingerprint density at radius 2 is 1.95 bits per heavy atom. The van der Waals surface area contributed by atoms with Crippen molar-refractivity contribution in [2.45, 2.75) is 50.5 Å². The molecule has 6 heteroatoms. The lowest BCUT2D eigenvalue weighted by atomic mass is 10.0. The molecule has 1 aromatic heterocycles. The van der Waals surface area contributed by atoms with Crippen LogP contribution in [0.2, 0.25) is 0 Å². The molecule has 0 aromatic carbocycles. The van der Waals surface area contributed by atoms with Crippen LogP contribution >= 0.6 is 0 Å². The summed E-state index contributed by atoms with van der Waals surface area (Å²) in [7, 11) is 0. The van der Waals surface area contributed by atoms with Crippen LogP contribution in [0, 0.1) is 5.92 Å². The number of nitrogens with one attached hydrogen (secondary N) is 2. The van der Waals surface area contributed by atoms with Gasteiger partial charge in [-0.3, -0.25) is 9.89 Å². The number of carbonyl (C=O) groups excluding carboxylic acids is 1. The van der Waals surface area contributed by atoms with E-state index >= 15 is 0 Å². The van der Waals surface area contributed by atoms with Gasteiger partial charge in [0.2, 0.25) is 5.82 Å². The number of hydrogen-bond acceptors (Lipinski definition) is 4. The third kappa shape index (κ3) is 3.10. The molecule has 0 radical (unpaired) electrons. The molecule has 3 fully saturated rings. The first-order valence-electron chi connectivity index (χ1n) is 8.24. The first-order valence-corrected chi connectivity index (χ1v) is 8.24. The summed E-state index contributed by atoms with van der Waals surface area (Å²) in [6, 6.07) is 0.573. The van der Waals surface area contributed by atoms with Gasteiger partial charge in [0.1, 0.15) is 5.82 Å². The van der Waals surface area contributed by atoms with Crippen molar-refractivity contribution in [2.75, 3.05) is 19.6 Å². The van der Waals surface area contributed by atoms with Gasteiger partial charge in [-0.15, -0.1) is 5.10 Å². The fourth-order valence-corrected chi connectivity index (χ4v) is 2.99. The first-order chi connectivity index (χ1) is 10.3. The van der Waals surface area contributed by atoms with E-state index in [0.717, 1.165) is 44.2 Å². The zero-order valence-electron chi connectivity index (χ0n) is 12.3. The Labute approximate surface area is 124 Å². The minimum atomic E-state index is -0.0150. The number of likely N-dealkylation sites (tertiary alicyclic amines) is 1. The van der Waals surface area contributed by atoms with Crippen LogP contribution in [0.5, 0.6) is 0 Å². The zero-order chi connectivity index (χ0) is 14.2. The van der Waals surface area contributed by atoms with Gasteiger partial charge in [0.15, 0.2) is 0 Å². The van der Waals surface area contributed by atoms with Gasteiger partial charge in [-0.25, -0.2) is 4.98 Å². The van der Waals surface area contributed by atoms with Gasteiger partial charge in [-0.2, -0.15) is 0 Å². The summed E-state index contributed by atoms with van der Waals surface area (Å²) in [5, 5.41) is 10.6. The van der Waals surface area contributed by atoms with Crippen molar-refractivity contribution in [3.63, 3.8) is 0 Å². The molecule has 3 aliphatic rings. The fraction of sp³-hybridized carbons (Fsp3) is 0.800. The Hall–Kier alpha value is -1.43. The highest BCUT2D eigenvalue weighted by atomic mass is 16.2.